The number of hydrogen-bond acceptors (Lipinski definition) is 4. The van der Waals surface area contributed by atoms with Crippen molar-refractivity contribution in [3.8, 4) is 0 Å². The molecule has 0 spiro atoms. The molecule has 5 heteroatoms. The maximum atomic E-state index is 10.1. The normalized spacial score (nSPS) is 9.65. The van der Waals surface area contributed by atoms with E-state index in [1.54, 1.807) is 0 Å². The molecule has 0 rings (SSSR count). The zero-order valence-corrected chi connectivity index (χ0v) is 14.9. The van der Waals surface area contributed by atoms with Crippen LogP contribution in [0.5, 0.6) is 0 Å². The zero-order chi connectivity index (χ0) is 12.2. The molecule has 0 aliphatic rings. The summed E-state index contributed by atoms with van der Waals surface area (Å²) >= 11 is 0. The summed E-state index contributed by atoms with van der Waals surface area (Å²) in [7, 11) is 0. The standard InChI is InChI=1S/C12H22O4.Ba/c13-11(14)9-7-5-3-1-2-4-6-8-10-12(15)16;/h1-10H2,(H,13,14)(H,15,16);/q;+2/p-2. The van der Waals surface area contributed by atoms with Crippen molar-refractivity contribution >= 4 is 60.8 Å². The van der Waals surface area contributed by atoms with Crippen molar-refractivity contribution in [3.05, 3.63) is 0 Å². The average Bonchev–Trinajstić information content (AvgIpc) is 2.20. The Kier molecular flexibility index (Phi) is 17.0. The van der Waals surface area contributed by atoms with Gasteiger partial charge in [0.1, 0.15) is 0 Å². The summed E-state index contributed by atoms with van der Waals surface area (Å²) in [5.74, 6) is -1.94. The Morgan fingerprint density at radius 3 is 1.06 bits per heavy atom. The zero-order valence-electron chi connectivity index (χ0n) is 10.4. The Labute approximate surface area is 143 Å². The minimum Gasteiger partial charge on any atom is -0.550 e. The van der Waals surface area contributed by atoms with Gasteiger partial charge in [0.05, 0.1) is 0 Å². The van der Waals surface area contributed by atoms with Gasteiger partial charge in [-0.2, -0.15) is 0 Å². The first-order valence-electron chi connectivity index (χ1n) is 6.02. The Morgan fingerprint density at radius 1 is 0.588 bits per heavy atom. The first-order valence-corrected chi connectivity index (χ1v) is 6.02. The molecule has 0 radical (unpaired) electrons. The topological polar surface area (TPSA) is 80.3 Å². The Hall–Kier alpha value is 0.511. The van der Waals surface area contributed by atoms with Crippen LogP contribution in [0.2, 0.25) is 0 Å². The maximum Gasteiger partial charge on any atom is 2.00 e. The van der Waals surface area contributed by atoms with Gasteiger partial charge in [-0.1, -0.05) is 38.5 Å². The number of carboxylic acid groups (broad SMARTS) is 2. The van der Waals surface area contributed by atoms with Crippen LogP contribution in [0, 0.1) is 0 Å². The van der Waals surface area contributed by atoms with Crippen molar-refractivity contribution in [1.82, 2.24) is 0 Å². The van der Waals surface area contributed by atoms with Gasteiger partial charge in [-0.3, -0.25) is 0 Å². The second-order valence-corrected chi connectivity index (χ2v) is 4.07. The van der Waals surface area contributed by atoms with Gasteiger partial charge in [0.15, 0.2) is 0 Å². The first kappa shape index (κ1) is 19.8. The van der Waals surface area contributed by atoms with Crippen molar-refractivity contribution in [2.75, 3.05) is 0 Å². The molecule has 0 aromatic carbocycles. The van der Waals surface area contributed by atoms with Crippen molar-refractivity contribution in [2.24, 2.45) is 0 Å². The molecule has 0 fully saturated rings. The van der Waals surface area contributed by atoms with Gasteiger partial charge < -0.3 is 19.8 Å². The molecule has 0 heterocycles. The quantitative estimate of drug-likeness (QED) is 0.381. The third kappa shape index (κ3) is 19.0. The van der Waals surface area contributed by atoms with Crippen molar-refractivity contribution < 1.29 is 19.8 Å². The van der Waals surface area contributed by atoms with E-state index in [1.165, 1.54) is 0 Å². The molecule has 94 valence electrons. The molecular formula is C12H20BaO4. The summed E-state index contributed by atoms with van der Waals surface area (Å²) in [4.78, 5) is 20.2. The fourth-order valence-corrected chi connectivity index (χ4v) is 1.60. The third-order valence-corrected chi connectivity index (χ3v) is 2.51. The predicted molar refractivity (Wildman–Crippen MR) is 61.9 cm³/mol. The van der Waals surface area contributed by atoms with Gasteiger partial charge in [0.25, 0.3) is 0 Å². The molecular weight excluding hydrogens is 345 g/mol. The van der Waals surface area contributed by atoms with E-state index in [0.717, 1.165) is 38.5 Å². The number of aliphatic carboxylic acids is 2. The van der Waals surface area contributed by atoms with E-state index in [-0.39, 0.29) is 61.7 Å². The summed E-state index contributed by atoms with van der Waals surface area (Å²) in [6.45, 7) is 0. The van der Waals surface area contributed by atoms with Gasteiger partial charge in [-0.25, -0.2) is 0 Å². The minimum absolute atomic E-state index is 0. The number of rotatable bonds is 11. The van der Waals surface area contributed by atoms with E-state index in [1.807, 2.05) is 0 Å². The number of carbonyl (C=O) groups is 2. The van der Waals surface area contributed by atoms with Crippen LogP contribution < -0.4 is 10.2 Å². The summed E-state index contributed by atoms with van der Waals surface area (Å²) < 4.78 is 0. The smallest absolute Gasteiger partial charge is 0.550 e. The van der Waals surface area contributed by atoms with Gasteiger partial charge in [-0.05, 0) is 25.7 Å². The summed E-state index contributed by atoms with van der Waals surface area (Å²) in [6.07, 6.45) is 7.88. The average molecular weight is 366 g/mol. The van der Waals surface area contributed by atoms with E-state index >= 15 is 0 Å². The molecule has 0 aliphatic carbocycles. The molecule has 4 nitrogen and oxygen atoms in total. The summed E-state index contributed by atoms with van der Waals surface area (Å²) in [6, 6.07) is 0. The van der Waals surface area contributed by atoms with Crippen molar-refractivity contribution in [1.29, 1.82) is 0 Å². The second-order valence-electron chi connectivity index (χ2n) is 4.07. The molecule has 0 aromatic rings. The van der Waals surface area contributed by atoms with Crippen LogP contribution in [0.15, 0.2) is 0 Å². The summed E-state index contributed by atoms with van der Waals surface area (Å²) in [5.41, 5.74) is 0. The Balaban J connectivity index is 0. The number of carbonyl (C=O) groups excluding carboxylic acids is 2. The molecule has 0 amide bonds. The molecule has 0 atom stereocenters. The molecule has 0 saturated carbocycles. The predicted octanol–water partition coefficient (Wildman–Crippen LogP) is 0.00640. The monoisotopic (exact) mass is 366 g/mol. The van der Waals surface area contributed by atoms with E-state index in [2.05, 4.69) is 0 Å². The van der Waals surface area contributed by atoms with Crippen LogP contribution in [0.25, 0.3) is 0 Å². The SMILES string of the molecule is O=C([O-])CCCCCCCCCCC(=O)[O-].[Ba+2]. The van der Waals surface area contributed by atoms with Crippen molar-refractivity contribution in [2.45, 2.75) is 64.2 Å². The molecule has 0 aromatic heterocycles. The van der Waals surface area contributed by atoms with Gasteiger partial charge >= 0.3 is 48.9 Å². The van der Waals surface area contributed by atoms with Crippen LogP contribution in [0.4, 0.5) is 0 Å². The number of hydrogen-bond donors (Lipinski definition) is 0. The largest absolute Gasteiger partial charge is 2.00 e. The minimum atomic E-state index is -0.970. The van der Waals surface area contributed by atoms with Crippen LogP contribution in [0.1, 0.15) is 64.2 Å². The van der Waals surface area contributed by atoms with E-state index < -0.39 is 11.9 Å². The summed E-state index contributed by atoms with van der Waals surface area (Å²) in [5, 5.41) is 20.2. The number of unbranched alkanes of at least 4 members (excludes halogenated alkanes) is 7. The van der Waals surface area contributed by atoms with E-state index in [4.69, 9.17) is 0 Å². The number of carboxylic acids is 2. The van der Waals surface area contributed by atoms with Gasteiger partial charge in [0, 0.05) is 11.9 Å². The molecule has 17 heavy (non-hydrogen) atoms. The van der Waals surface area contributed by atoms with E-state index in [0.29, 0.717) is 12.8 Å². The fraction of sp³-hybridized carbons (Fsp3) is 0.833. The fourth-order valence-electron chi connectivity index (χ4n) is 1.60. The molecule has 0 bridgehead atoms. The maximum absolute atomic E-state index is 10.1. The third-order valence-electron chi connectivity index (χ3n) is 2.51. The van der Waals surface area contributed by atoms with Crippen molar-refractivity contribution in [3.63, 3.8) is 0 Å². The Morgan fingerprint density at radius 2 is 0.824 bits per heavy atom. The van der Waals surface area contributed by atoms with E-state index in [9.17, 15) is 19.8 Å². The second kappa shape index (κ2) is 14.6. The Bertz CT molecular complexity index is 185. The van der Waals surface area contributed by atoms with Gasteiger partial charge in [0.2, 0.25) is 0 Å². The molecule has 0 saturated heterocycles. The molecule has 0 unspecified atom stereocenters. The van der Waals surface area contributed by atoms with Crippen LogP contribution >= 0.6 is 0 Å². The molecule has 0 N–H and O–H groups in total. The van der Waals surface area contributed by atoms with Crippen LogP contribution in [-0.4, -0.2) is 60.8 Å². The van der Waals surface area contributed by atoms with Crippen LogP contribution in [0.3, 0.4) is 0 Å². The molecule has 0 aliphatic heterocycles. The first-order chi connectivity index (χ1) is 7.63. The van der Waals surface area contributed by atoms with Crippen LogP contribution in [-0.2, 0) is 9.59 Å². The van der Waals surface area contributed by atoms with Gasteiger partial charge in [-0.15, -0.1) is 0 Å².